The highest BCUT2D eigenvalue weighted by molar-refractivity contribution is 6.09. The van der Waals surface area contributed by atoms with Gasteiger partial charge in [0.15, 0.2) is 5.78 Å². The quantitative estimate of drug-likeness (QED) is 0.643. The van der Waals surface area contributed by atoms with Crippen molar-refractivity contribution >= 4 is 16.6 Å². The van der Waals surface area contributed by atoms with E-state index in [0.29, 0.717) is 12.0 Å². The van der Waals surface area contributed by atoms with Crippen LogP contribution >= 0.6 is 0 Å². The Morgan fingerprint density at radius 2 is 2.18 bits per heavy atom. The number of fused-ring (bicyclic) bond motifs is 1. The standard InChI is InChI=1S/C14H14N2O/c1-2-5-13(15)14(17)12-9-16-8-10-6-3-4-7-11(10)12/h2-4,6-9,13H,1,5,15H2. The molecule has 1 atom stereocenters. The van der Waals surface area contributed by atoms with Crippen LogP contribution in [-0.2, 0) is 0 Å². The Kier molecular flexibility index (Phi) is 3.30. The maximum absolute atomic E-state index is 12.1. The summed E-state index contributed by atoms with van der Waals surface area (Å²) in [7, 11) is 0. The first kappa shape index (κ1) is 11.5. The van der Waals surface area contributed by atoms with E-state index < -0.39 is 6.04 Å². The number of carbonyl (C=O) groups excluding carboxylic acids is 1. The van der Waals surface area contributed by atoms with Gasteiger partial charge in [0.05, 0.1) is 6.04 Å². The fourth-order valence-corrected chi connectivity index (χ4v) is 1.80. The minimum atomic E-state index is -0.542. The molecule has 0 aliphatic heterocycles. The lowest BCUT2D eigenvalue weighted by molar-refractivity contribution is 0.0963. The van der Waals surface area contributed by atoms with Crippen molar-refractivity contribution in [2.24, 2.45) is 5.73 Å². The van der Waals surface area contributed by atoms with Gasteiger partial charge in [-0.05, 0) is 11.8 Å². The van der Waals surface area contributed by atoms with Gasteiger partial charge in [0.25, 0.3) is 0 Å². The second-order valence-electron chi connectivity index (χ2n) is 3.90. The molecule has 0 radical (unpaired) electrons. The van der Waals surface area contributed by atoms with Gasteiger partial charge in [-0.2, -0.15) is 0 Å². The Bertz CT molecular complexity index is 558. The van der Waals surface area contributed by atoms with E-state index in [1.165, 1.54) is 0 Å². The van der Waals surface area contributed by atoms with Crippen molar-refractivity contribution < 1.29 is 4.79 Å². The van der Waals surface area contributed by atoms with Gasteiger partial charge in [-0.1, -0.05) is 30.3 Å². The van der Waals surface area contributed by atoms with Crippen LogP contribution in [0.4, 0.5) is 0 Å². The minimum absolute atomic E-state index is 0.0887. The van der Waals surface area contributed by atoms with Crippen molar-refractivity contribution in [3.05, 3.63) is 54.9 Å². The number of aromatic nitrogens is 1. The molecular formula is C14H14N2O. The summed E-state index contributed by atoms with van der Waals surface area (Å²) in [5.74, 6) is -0.0887. The van der Waals surface area contributed by atoms with Crippen molar-refractivity contribution in [2.45, 2.75) is 12.5 Å². The van der Waals surface area contributed by atoms with E-state index >= 15 is 0 Å². The SMILES string of the molecule is C=CCC(N)C(=O)c1cncc2ccccc12. The Balaban J connectivity index is 2.48. The molecule has 1 aromatic heterocycles. The summed E-state index contributed by atoms with van der Waals surface area (Å²) in [5, 5.41) is 1.84. The number of nitrogens with two attached hydrogens (primary N) is 1. The lowest BCUT2D eigenvalue weighted by atomic mass is 9.99. The predicted molar refractivity (Wildman–Crippen MR) is 68.9 cm³/mol. The van der Waals surface area contributed by atoms with Gasteiger partial charge in [-0.25, -0.2) is 0 Å². The van der Waals surface area contributed by atoms with Crippen LogP contribution in [0, 0.1) is 0 Å². The van der Waals surface area contributed by atoms with Gasteiger partial charge in [-0.15, -0.1) is 6.58 Å². The third-order valence-electron chi connectivity index (χ3n) is 2.69. The summed E-state index contributed by atoms with van der Waals surface area (Å²) in [6.07, 6.45) is 5.45. The molecule has 2 rings (SSSR count). The molecule has 0 bridgehead atoms. The van der Waals surface area contributed by atoms with E-state index in [9.17, 15) is 4.79 Å². The van der Waals surface area contributed by atoms with Crippen LogP contribution < -0.4 is 5.73 Å². The summed E-state index contributed by atoms with van der Waals surface area (Å²) in [5.41, 5.74) is 6.38. The van der Waals surface area contributed by atoms with Crippen LogP contribution in [0.1, 0.15) is 16.8 Å². The van der Waals surface area contributed by atoms with E-state index in [2.05, 4.69) is 11.6 Å². The van der Waals surface area contributed by atoms with Crippen LogP contribution in [0.2, 0.25) is 0 Å². The lowest BCUT2D eigenvalue weighted by Gasteiger charge is -2.09. The van der Waals surface area contributed by atoms with Crippen molar-refractivity contribution in [1.29, 1.82) is 0 Å². The van der Waals surface area contributed by atoms with E-state index in [1.807, 2.05) is 24.3 Å². The van der Waals surface area contributed by atoms with Crippen molar-refractivity contribution in [3.8, 4) is 0 Å². The molecule has 0 saturated heterocycles. The van der Waals surface area contributed by atoms with Gasteiger partial charge in [-0.3, -0.25) is 9.78 Å². The smallest absolute Gasteiger partial charge is 0.181 e. The molecule has 17 heavy (non-hydrogen) atoms. The average Bonchev–Trinajstić information content (AvgIpc) is 2.37. The fraction of sp³-hybridized carbons (Fsp3) is 0.143. The molecule has 0 saturated carbocycles. The Hall–Kier alpha value is -2.00. The first-order valence-corrected chi connectivity index (χ1v) is 5.47. The Morgan fingerprint density at radius 3 is 2.94 bits per heavy atom. The molecule has 2 N–H and O–H groups in total. The average molecular weight is 226 g/mol. The van der Waals surface area contributed by atoms with Crippen LogP contribution in [0.25, 0.3) is 10.8 Å². The topological polar surface area (TPSA) is 56.0 Å². The molecule has 0 aliphatic carbocycles. The van der Waals surface area contributed by atoms with E-state index in [0.717, 1.165) is 10.8 Å². The van der Waals surface area contributed by atoms with Crippen LogP contribution in [-0.4, -0.2) is 16.8 Å². The first-order chi connectivity index (χ1) is 8.24. The highest BCUT2D eigenvalue weighted by Gasteiger charge is 2.16. The van der Waals surface area contributed by atoms with Crippen LogP contribution in [0.5, 0.6) is 0 Å². The fourth-order valence-electron chi connectivity index (χ4n) is 1.80. The number of Topliss-reactive ketones (excluding diaryl/α,β-unsaturated/α-hetero) is 1. The molecule has 0 spiro atoms. The summed E-state index contributed by atoms with van der Waals surface area (Å²) in [6.45, 7) is 3.59. The van der Waals surface area contributed by atoms with Gasteiger partial charge < -0.3 is 5.73 Å². The lowest BCUT2D eigenvalue weighted by Crippen LogP contribution is -2.30. The molecule has 0 aliphatic rings. The number of hydrogen-bond donors (Lipinski definition) is 1. The molecule has 86 valence electrons. The monoisotopic (exact) mass is 226 g/mol. The maximum Gasteiger partial charge on any atom is 0.181 e. The molecule has 1 heterocycles. The summed E-state index contributed by atoms with van der Waals surface area (Å²) >= 11 is 0. The predicted octanol–water partition coefficient (Wildman–Crippen LogP) is 2.32. The first-order valence-electron chi connectivity index (χ1n) is 5.47. The highest BCUT2D eigenvalue weighted by Crippen LogP contribution is 2.18. The zero-order valence-corrected chi connectivity index (χ0v) is 9.47. The number of carbonyl (C=O) groups is 1. The zero-order valence-electron chi connectivity index (χ0n) is 9.47. The maximum atomic E-state index is 12.1. The summed E-state index contributed by atoms with van der Waals surface area (Å²) in [4.78, 5) is 16.2. The van der Waals surface area contributed by atoms with Gasteiger partial charge in [0, 0.05) is 23.3 Å². The second-order valence-corrected chi connectivity index (χ2v) is 3.90. The van der Waals surface area contributed by atoms with Crippen LogP contribution in [0.3, 0.4) is 0 Å². The number of benzene rings is 1. The molecule has 0 amide bonds. The van der Waals surface area contributed by atoms with Crippen molar-refractivity contribution in [2.75, 3.05) is 0 Å². The Labute approximate surface area is 100.0 Å². The van der Waals surface area contributed by atoms with Crippen LogP contribution in [0.15, 0.2) is 49.3 Å². The number of ketones is 1. The molecule has 1 aromatic carbocycles. The van der Waals surface area contributed by atoms with Gasteiger partial charge in [0.1, 0.15) is 0 Å². The molecular weight excluding hydrogens is 212 g/mol. The number of rotatable bonds is 4. The molecule has 3 heteroatoms. The molecule has 2 aromatic rings. The van der Waals surface area contributed by atoms with Gasteiger partial charge in [0.2, 0.25) is 0 Å². The van der Waals surface area contributed by atoms with E-state index in [4.69, 9.17) is 5.73 Å². The molecule has 1 unspecified atom stereocenters. The molecule has 0 fully saturated rings. The van der Waals surface area contributed by atoms with E-state index in [1.54, 1.807) is 18.5 Å². The third-order valence-corrected chi connectivity index (χ3v) is 2.69. The summed E-state index contributed by atoms with van der Waals surface area (Å²) < 4.78 is 0. The normalized spacial score (nSPS) is 12.3. The van der Waals surface area contributed by atoms with Gasteiger partial charge >= 0.3 is 0 Å². The number of pyridine rings is 1. The highest BCUT2D eigenvalue weighted by atomic mass is 16.1. The number of nitrogens with zero attached hydrogens (tertiary/aromatic N) is 1. The number of hydrogen-bond acceptors (Lipinski definition) is 3. The summed E-state index contributed by atoms with van der Waals surface area (Å²) in [6, 6.07) is 7.11. The minimum Gasteiger partial charge on any atom is -0.321 e. The molecule has 3 nitrogen and oxygen atoms in total. The third kappa shape index (κ3) is 2.24. The zero-order chi connectivity index (χ0) is 12.3. The Morgan fingerprint density at radius 1 is 1.41 bits per heavy atom. The second kappa shape index (κ2) is 4.89. The van der Waals surface area contributed by atoms with E-state index in [-0.39, 0.29) is 5.78 Å². The van der Waals surface area contributed by atoms with Crippen molar-refractivity contribution in [3.63, 3.8) is 0 Å². The largest absolute Gasteiger partial charge is 0.321 e. The van der Waals surface area contributed by atoms with Crippen molar-refractivity contribution in [1.82, 2.24) is 4.98 Å².